The molecule has 2 aromatic rings. The summed E-state index contributed by atoms with van der Waals surface area (Å²) in [5.74, 6) is 0. The molecular formula is C18H22N4O2. The van der Waals surface area contributed by atoms with Crippen molar-refractivity contribution < 1.29 is 4.84 Å². The number of aromatic amines is 1. The average molecular weight is 326 g/mol. The first kappa shape index (κ1) is 16.4. The van der Waals surface area contributed by atoms with E-state index in [1.54, 1.807) is 6.07 Å². The fourth-order valence-corrected chi connectivity index (χ4v) is 2.86. The minimum atomic E-state index is -0.399. The maximum absolute atomic E-state index is 11.1. The van der Waals surface area contributed by atoms with Gasteiger partial charge < -0.3 is 9.82 Å². The van der Waals surface area contributed by atoms with Crippen LogP contribution in [-0.4, -0.2) is 34.2 Å². The van der Waals surface area contributed by atoms with Crippen molar-refractivity contribution in [2.24, 2.45) is 5.16 Å². The molecule has 0 atom stereocenters. The lowest BCUT2D eigenvalue weighted by molar-refractivity contribution is 0.132. The zero-order valence-corrected chi connectivity index (χ0v) is 13.6. The average Bonchev–Trinajstić information content (AvgIpc) is 2.60. The van der Waals surface area contributed by atoms with E-state index in [9.17, 15) is 4.79 Å². The van der Waals surface area contributed by atoms with E-state index in [0.29, 0.717) is 12.3 Å². The summed E-state index contributed by atoms with van der Waals surface area (Å²) in [5, 5.41) is 3.89. The Morgan fingerprint density at radius 2 is 2.04 bits per heavy atom. The fourth-order valence-electron chi connectivity index (χ4n) is 2.86. The summed E-state index contributed by atoms with van der Waals surface area (Å²) < 4.78 is 0. The SMILES string of the molecule is O=c1nccc(/C=N/OCc2cccc(CN3CCCCC3)c2)[nH]1. The molecule has 2 heterocycles. The summed E-state index contributed by atoms with van der Waals surface area (Å²) in [6.07, 6.45) is 6.86. The lowest BCUT2D eigenvalue weighted by Crippen LogP contribution is -2.29. The molecule has 0 bridgehead atoms. The van der Waals surface area contributed by atoms with Crippen molar-refractivity contribution in [3.05, 3.63) is 63.8 Å². The van der Waals surface area contributed by atoms with Gasteiger partial charge in [-0.3, -0.25) is 4.90 Å². The Morgan fingerprint density at radius 1 is 1.21 bits per heavy atom. The number of piperidine rings is 1. The number of benzene rings is 1. The number of hydrogen-bond acceptors (Lipinski definition) is 5. The van der Waals surface area contributed by atoms with Crippen LogP contribution in [0.1, 0.15) is 36.1 Å². The predicted molar refractivity (Wildman–Crippen MR) is 92.8 cm³/mol. The lowest BCUT2D eigenvalue weighted by atomic mass is 10.1. The topological polar surface area (TPSA) is 70.6 Å². The number of nitrogens with zero attached hydrogens (tertiary/aromatic N) is 3. The molecule has 1 aliphatic rings. The van der Waals surface area contributed by atoms with Crippen molar-refractivity contribution in [3.8, 4) is 0 Å². The van der Waals surface area contributed by atoms with Gasteiger partial charge in [-0.05, 0) is 43.1 Å². The predicted octanol–water partition coefficient (Wildman–Crippen LogP) is 2.31. The monoisotopic (exact) mass is 326 g/mol. The zero-order valence-electron chi connectivity index (χ0n) is 13.6. The van der Waals surface area contributed by atoms with Crippen LogP contribution in [0.4, 0.5) is 0 Å². The second-order valence-corrected chi connectivity index (χ2v) is 6.00. The van der Waals surface area contributed by atoms with E-state index in [2.05, 4.69) is 38.2 Å². The molecule has 1 aromatic carbocycles. The third kappa shape index (κ3) is 5.03. The van der Waals surface area contributed by atoms with Crippen LogP contribution in [0.2, 0.25) is 0 Å². The molecule has 3 rings (SSSR count). The van der Waals surface area contributed by atoms with Gasteiger partial charge in [0.2, 0.25) is 0 Å². The first-order chi connectivity index (χ1) is 11.8. The molecule has 6 nitrogen and oxygen atoms in total. The molecule has 126 valence electrons. The number of nitrogens with one attached hydrogen (secondary N) is 1. The van der Waals surface area contributed by atoms with Crippen molar-refractivity contribution >= 4 is 6.21 Å². The first-order valence-electron chi connectivity index (χ1n) is 8.30. The highest BCUT2D eigenvalue weighted by Crippen LogP contribution is 2.14. The van der Waals surface area contributed by atoms with E-state index >= 15 is 0 Å². The highest BCUT2D eigenvalue weighted by Gasteiger charge is 2.10. The van der Waals surface area contributed by atoms with Gasteiger partial charge in [-0.25, -0.2) is 9.78 Å². The molecule has 1 aromatic heterocycles. The molecule has 0 unspecified atom stereocenters. The van der Waals surface area contributed by atoms with Crippen molar-refractivity contribution in [1.82, 2.24) is 14.9 Å². The molecule has 0 radical (unpaired) electrons. The highest BCUT2D eigenvalue weighted by molar-refractivity contribution is 5.75. The van der Waals surface area contributed by atoms with Crippen LogP contribution < -0.4 is 5.69 Å². The number of rotatable bonds is 6. The molecule has 1 saturated heterocycles. The lowest BCUT2D eigenvalue weighted by Gasteiger charge is -2.26. The Labute approximate surface area is 141 Å². The summed E-state index contributed by atoms with van der Waals surface area (Å²) in [7, 11) is 0. The van der Waals surface area contributed by atoms with Gasteiger partial charge in [-0.2, -0.15) is 0 Å². The van der Waals surface area contributed by atoms with E-state index in [1.165, 1.54) is 50.3 Å². The molecule has 0 aliphatic carbocycles. The Kier molecular flexibility index (Phi) is 5.74. The number of hydrogen-bond donors (Lipinski definition) is 1. The first-order valence-corrected chi connectivity index (χ1v) is 8.30. The number of aromatic nitrogens is 2. The van der Waals surface area contributed by atoms with E-state index in [-0.39, 0.29) is 0 Å². The molecule has 0 amide bonds. The van der Waals surface area contributed by atoms with Crippen LogP contribution in [0.15, 0.2) is 46.5 Å². The fraction of sp³-hybridized carbons (Fsp3) is 0.389. The third-order valence-corrected chi connectivity index (χ3v) is 4.04. The van der Waals surface area contributed by atoms with Crippen LogP contribution in [0, 0.1) is 0 Å². The van der Waals surface area contributed by atoms with Crippen LogP contribution in [0.5, 0.6) is 0 Å². The maximum Gasteiger partial charge on any atom is 0.345 e. The quantitative estimate of drug-likeness (QED) is 0.653. The normalized spacial score (nSPS) is 15.7. The Hall–Kier alpha value is -2.47. The zero-order chi connectivity index (χ0) is 16.6. The highest BCUT2D eigenvalue weighted by atomic mass is 16.6. The van der Waals surface area contributed by atoms with Crippen LogP contribution in [0.3, 0.4) is 0 Å². The second-order valence-electron chi connectivity index (χ2n) is 6.00. The van der Waals surface area contributed by atoms with E-state index in [1.807, 2.05) is 6.07 Å². The maximum atomic E-state index is 11.1. The van der Waals surface area contributed by atoms with Gasteiger partial charge in [0.25, 0.3) is 0 Å². The molecule has 6 heteroatoms. The van der Waals surface area contributed by atoms with Gasteiger partial charge in [0.1, 0.15) is 6.61 Å². The number of oxime groups is 1. The van der Waals surface area contributed by atoms with Gasteiger partial charge in [-0.15, -0.1) is 0 Å². The Bertz CT molecular complexity index is 736. The molecule has 0 spiro atoms. The third-order valence-electron chi connectivity index (χ3n) is 4.04. The van der Waals surface area contributed by atoms with Crippen molar-refractivity contribution in [3.63, 3.8) is 0 Å². The van der Waals surface area contributed by atoms with Crippen LogP contribution in [0.25, 0.3) is 0 Å². The summed E-state index contributed by atoms with van der Waals surface area (Å²) in [6, 6.07) is 10.1. The minimum Gasteiger partial charge on any atom is -0.391 e. The van der Waals surface area contributed by atoms with Crippen LogP contribution >= 0.6 is 0 Å². The van der Waals surface area contributed by atoms with E-state index in [0.717, 1.165) is 12.1 Å². The van der Waals surface area contributed by atoms with Crippen molar-refractivity contribution in [1.29, 1.82) is 0 Å². The Morgan fingerprint density at radius 3 is 2.88 bits per heavy atom. The van der Waals surface area contributed by atoms with Gasteiger partial charge in [-0.1, -0.05) is 35.8 Å². The number of likely N-dealkylation sites (tertiary alicyclic amines) is 1. The van der Waals surface area contributed by atoms with Gasteiger partial charge in [0.15, 0.2) is 0 Å². The van der Waals surface area contributed by atoms with Gasteiger partial charge in [0.05, 0.1) is 11.9 Å². The van der Waals surface area contributed by atoms with Gasteiger partial charge in [0, 0.05) is 12.7 Å². The standard InChI is InChI=1S/C18H22N4O2/c23-18-19-8-7-17(21-18)12-20-24-14-16-6-4-5-15(11-16)13-22-9-2-1-3-10-22/h4-8,11-12H,1-3,9-10,13-14H2,(H,19,21,23)/b20-12+. The molecule has 1 fully saturated rings. The molecule has 24 heavy (non-hydrogen) atoms. The largest absolute Gasteiger partial charge is 0.391 e. The smallest absolute Gasteiger partial charge is 0.345 e. The number of H-pyrrole nitrogens is 1. The Balaban J connectivity index is 1.51. The minimum absolute atomic E-state index is 0.399. The van der Waals surface area contributed by atoms with Gasteiger partial charge >= 0.3 is 5.69 Å². The molecule has 0 saturated carbocycles. The molecule has 1 N–H and O–H groups in total. The summed E-state index contributed by atoms with van der Waals surface area (Å²) in [6.45, 7) is 3.78. The second kappa shape index (κ2) is 8.40. The van der Waals surface area contributed by atoms with Crippen LogP contribution in [-0.2, 0) is 18.0 Å². The van der Waals surface area contributed by atoms with Crippen molar-refractivity contribution in [2.45, 2.75) is 32.4 Å². The molecule has 1 aliphatic heterocycles. The van der Waals surface area contributed by atoms with Crippen molar-refractivity contribution in [2.75, 3.05) is 13.1 Å². The van der Waals surface area contributed by atoms with E-state index in [4.69, 9.17) is 4.84 Å². The summed E-state index contributed by atoms with van der Waals surface area (Å²) in [4.78, 5) is 25.0. The summed E-state index contributed by atoms with van der Waals surface area (Å²) in [5.41, 5.74) is 2.56. The summed E-state index contributed by atoms with van der Waals surface area (Å²) >= 11 is 0. The molecular weight excluding hydrogens is 304 g/mol. The van der Waals surface area contributed by atoms with E-state index < -0.39 is 5.69 Å².